The van der Waals surface area contributed by atoms with E-state index in [9.17, 15) is 4.79 Å². The first-order valence-corrected chi connectivity index (χ1v) is 4.99. The molecule has 0 saturated carbocycles. The highest BCUT2D eigenvalue weighted by molar-refractivity contribution is 5.76. The van der Waals surface area contributed by atoms with Gasteiger partial charge < -0.3 is 9.47 Å². The second-order valence-corrected chi connectivity index (χ2v) is 3.05. The Bertz CT molecular complexity index is 169. The van der Waals surface area contributed by atoms with Crippen LogP contribution in [-0.2, 0) is 9.47 Å². The van der Waals surface area contributed by atoms with Crippen LogP contribution in [0.15, 0.2) is 0 Å². The van der Waals surface area contributed by atoms with E-state index in [2.05, 4.69) is 0 Å². The number of nitrogens with zero attached hydrogens (tertiary/aromatic N) is 2. The van der Waals surface area contributed by atoms with Crippen molar-refractivity contribution in [3.63, 3.8) is 0 Å². The Kier molecular flexibility index (Phi) is 4.69. The summed E-state index contributed by atoms with van der Waals surface area (Å²) in [5.41, 5.74) is 0. The number of ether oxygens (including phenoxy) is 2. The predicted octanol–water partition coefficient (Wildman–Crippen LogP) is 0.712. The maximum atomic E-state index is 11.6. The number of carbonyl (C=O) groups excluding carboxylic acids is 1. The van der Waals surface area contributed by atoms with Crippen LogP contribution in [0.25, 0.3) is 0 Å². The highest BCUT2D eigenvalue weighted by Crippen LogP contribution is 2.07. The van der Waals surface area contributed by atoms with Crippen molar-refractivity contribution in [2.24, 2.45) is 0 Å². The molecule has 0 aliphatic carbocycles. The number of rotatable bonds is 6. The maximum absolute atomic E-state index is 11.6. The van der Waals surface area contributed by atoms with E-state index in [1.165, 1.54) is 0 Å². The molecule has 82 valence electrons. The quantitative estimate of drug-likeness (QED) is 0.637. The summed E-state index contributed by atoms with van der Waals surface area (Å²) in [4.78, 5) is 15.0. The molecular formula is C9H18N2O3. The predicted molar refractivity (Wildman–Crippen MR) is 51.8 cm³/mol. The van der Waals surface area contributed by atoms with Crippen LogP contribution in [0.4, 0.5) is 4.79 Å². The van der Waals surface area contributed by atoms with Gasteiger partial charge in [0.05, 0.1) is 0 Å². The molecule has 0 aromatic carbocycles. The third kappa shape index (κ3) is 2.85. The summed E-state index contributed by atoms with van der Waals surface area (Å²) in [6.45, 7) is 7.33. The normalized spacial score (nSPS) is 16.9. The average Bonchev–Trinajstić information content (AvgIpc) is 2.54. The van der Waals surface area contributed by atoms with E-state index in [0.717, 1.165) is 13.1 Å². The van der Waals surface area contributed by atoms with E-state index in [0.29, 0.717) is 26.7 Å². The van der Waals surface area contributed by atoms with Gasteiger partial charge >= 0.3 is 6.03 Å². The molecule has 0 radical (unpaired) electrons. The lowest BCUT2D eigenvalue weighted by molar-refractivity contribution is 0.0475. The minimum atomic E-state index is 0.00639. The Balaban J connectivity index is 2.28. The van der Waals surface area contributed by atoms with Crippen LogP contribution in [0.5, 0.6) is 0 Å². The Morgan fingerprint density at radius 1 is 1.07 bits per heavy atom. The van der Waals surface area contributed by atoms with Crippen molar-refractivity contribution in [3.8, 4) is 0 Å². The highest BCUT2D eigenvalue weighted by atomic mass is 16.5. The van der Waals surface area contributed by atoms with Crippen LogP contribution < -0.4 is 0 Å². The molecule has 1 rings (SSSR count). The van der Waals surface area contributed by atoms with Crippen molar-refractivity contribution < 1.29 is 14.3 Å². The summed E-state index contributed by atoms with van der Waals surface area (Å²) < 4.78 is 10.4. The van der Waals surface area contributed by atoms with E-state index in [1.807, 2.05) is 13.8 Å². The lowest BCUT2D eigenvalue weighted by atomic mass is 10.6. The standard InChI is InChI=1S/C9H18N2O3/c1-3-13-7-10-5-6-11(9(10)12)8-14-4-2/h3-8H2,1-2H3. The zero-order chi connectivity index (χ0) is 10.4. The Morgan fingerprint density at radius 3 is 1.86 bits per heavy atom. The number of urea groups is 1. The molecule has 0 N–H and O–H groups in total. The van der Waals surface area contributed by atoms with Gasteiger partial charge in [-0.2, -0.15) is 0 Å². The summed E-state index contributed by atoms with van der Waals surface area (Å²) >= 11 is 0. The molecule has 0 aromatic heterocycles. The van der Waals surface area contributed by atoms with Crippen LogP contribution in [-0.4, -0.2) is 55.6 Å². The van der Waals surface area contributed by atoms with Crippen LogP contribution >= 0.6 is 0 Å². The molecule has 1 aliphatic heterocycles. The number of hydrogen-bond acceptors (Lipinski definition) is 3. The van der Waals surface area contributed by atoms with Crippen LogP contribution in [0, 0.1) is 0 Å². The van der Waals surface area contributed by atoms with Gasteiger partial charge in [0.1, 0.15) is 13.5 Å². The van der Waals surface area contributed by atoms with Gasteiger partial charge in [-0.05, 0) is 13.8 Å². The van der Waals surface area contributed by atoms with E-state index < -0.39 is 0 Å². The summed E-state index contributed by atoms with van der Waals surface area (Å²) in [6, 6.07) is 0.00639. The topological polar surface area (TPSA) is 42.0 Å². The van der Waals surface area contributed by atoms with Crippen LogP contribution in [0.1, 0.15) is 13.8 Å². The maximum Gasteiger partial charge on any atom is 0.323 e. The van der Waals surface area contributed by atoms with Crippen molar-refractivity contribution in [2.75, 3.05) is 39.8 Å². The van der Waals surface area contributed by atoms with Crippen LogP contribution in [0.3, 0.4) is 0 Å². The second kappa shape index (κ2) is 5.82. The fraction of sp³-hybridized carbons (Fsp3) is 0.889. The molecule has 1 fully saturated rings. The van der Waals surface area contributed by atoms with E-state index >= 15 is 0 Å². The number of hydrogen-bond donors (Lipinski definition) is 0. The summed E-state index contributed by atoms with van der Waals surface area (Å²) in [5, 5.41) is 0. The summed E-state index contributed by atoms with van der Waals surface area (Å²) in [7, 11) is 0. The zero-order valence-corrected chi connectivity index (χ0v) is 8.86. The second-order valence-electron chi connectivity index (χ2n) is 3.05. The van der Waals surface area contributed by atoms with Crippen molar-refractivity contribution in [1.82, 2.24) is 9.80 Å². The molecule has 0 unspecified atom stereocenters. The van der Waals surface area contributed by atoms with Gasteiger partial charge in [0.15, 0.2) is 0 Å². The van der Waals surface area contributed by atoms with Gasteiger partial charge in [-0.25, -0.2) is 4.79 Å². The number of carbonyl (C=O) groups is 1. The Labute approximate surface area is 84.6 Å². The molecule has 1 aliphatic rings. The highest BCUT2D eigenvalue weighted by Gasteiger charge is 2.27. The smallest absolute Gasteiger partial charge is 0.323 e. The van der Waals surface area contributed by atoms with E-state index in [4.69, 9.17) is 9.47 Å². The molecule has 0 atom stereocenters. The summed E-state index contributed by atoms with van der Waals surface area (Å²) in [6.07, 6.45) is 0. The lowest BCUT2D eigenvalue weighted by Gasteiger charge is -2.17. The molecule has 5 nitrogen and oxygen atoms in total. The monoisotopic (exact) mass is 202 g/mol. The molecule has 1 heterocycles. The Hall–Kier alpha value is -0.810. The fourth-order valence-electron chi connectivity index (χ4n) is 1.28. The van der Waals surface area contributed by atoms with E-state index in [-0.39, 0.29) is 6.03 Å². The first-order valence-electron chi connectivity index (χ1n) is 4.99. The molecule has 14 heavy (non-hydrogen) atoms. The first kappa shape index (κ1) is 11.3. The molecule has 0 spiro atoms. The van der Waals surface area contributed by atoms with Crippen LogP contribution in [0.2, 0.25) is 0 Å². The van der Waals surface area contributed by atoms with Gasteiger partial charge in [-0.1, -0.05) is 0 Å². The zero-order valence-electron chi connectivity index (χ0n) is 8.86. The van der Waals surface area contributed by atoms with Gasteiger partial charge in [0.25, 0.3) is 0 Å². The Morgan fingerprint density at radius 2 is 1.50 bits per heavy atom. The molecule has 0 bridgehead atoms. The minimum absolute atomic E-state index is 0.00639. The lowest BCUT2D eigenvalue weighted by Crippen LogP contribution is -2.34. The van der Waals surface area contributed by atoms with Gasteiger partial charge in [-0.3, -0.25) is 9.80 Å². The van der Waals surface area contributed by atoms with Crippen molar-refractivity contribution in [2.45, 2.75) is 13.8 Å². The first-order chi connectivity index (χ1) is 6.79. The largest absolute Gasteiger partial charge is 0.361 e. The van der Waals surface area contributed by atoms with Crippen molar-refractivity contribution in [1.29, 1.82) is 0 Å². The minimum Gasteiger partial charge on any atom is -0.361 e. The van der Waals surface area contributed by atoms with Gasteiger partial charge in [0.2, 0.25) is 0 Å². The van der Waals surface area contributed by atoms with Crippen molar-refractivity contribution >= 4 is 6.03 Å². The number of amides is 2. The average molecular weight is 202 g/mol. The molecule has 0 aromatic rings. The SMILES string of the molecule is CCOCN1CCN(COCC)C1=O. The molecule has 2 amide bonds. The fourth-order valence-corrected chi connectivity index (χ4v) is 1.28. The van der Waals surface area contributed by atoms with E-state index in [1.54, 1.807) is 9.80 Å². The third-order valence-electron chi connectivity index (χ3n) is 2.08. The van der Waals surface area contributed by atoms with Gasteiger partial charge in [-0.15, -0.1) is 0 Å². The molecule has 1 saturated heterocycles. The molecular weight excluding hydrogens is 184 g/mol. The van der Waals surface area contributed by atoms with Gasteiger partial charge in [0, 0.05) is 26.3 Å². The third-order valence-corrected chi connectivity index (χ3v) is 2.08. The van der Waals surface area contributed by atoms with Crippen molar-refractivity contribution in [3.05, 3.63) is 0 Å². The molecule has 5 heteroatoms. The summed E-state index contributed by atoms with van der Waals surface area (Å²) in [5.74, 6) is 0.